The average Bonchev–Trinajstić information content (AvgIpc) is 2.85. The molecule has 0 amide bonds. The lowest BCUT2D eigenvalue weighted by molar-refractivity contribution is -0.0596. The Bertz CT molecular complexity index is 962. The van der Waals surface area contributed by atoms with Gasteiger partial charge in [-0.25, -0.2) is 4.39 Å². The second-order valence-electron chi connectivity index (χ2n) is 10.9. The summed E-state index contributed by atoms with van der Waals surface area (Å²) in [6, 6.07) is 11.0. The largest absolute Gasteiger partial charge is 0.308 e. The van der Waals surface area contributed by atoms with E-state index < -0.39 is 12.1 Å². The fraction of sp³-hybridized carbons (Fsp3) is 0.613. The molecule has 2 aliphatic carbocycles. The molecule has 2 saturated carbocycles. The lowest BCUT2D eigenvalue weighted by atomic mass is 9.62. The van der Waals surface area contributed by atoms with Crippen LogP contribution in [-0.4, -0.2) is 6.17 Å². The van der Waals surface area contributed by atoms with Gasteiger partial charge in [-0.3, -0.25) is 0 Å². The van der Waals surface area contributed by atoms with Crippen molar-refractivity contribution < 1.29 is 13.2 Å². The molecular formula is C31H41F3. The van der Waals surface area contributed by atoms with Crippen molar-refractivity contribution in [1.82, 2.24) is 0 Å². The molecule has 0 aromatic heterocycles. The maximum absolute atomic E-state index is 15.6. The van der Waals surface area contributed by atoms with Gasteiger partial charge in [0.05, 0.1) is 0 Å². The minimum Gasteiger partial charge on any atom is -0.236 e. The molecule has 2 aromatic carbocycles. The smallest absolute Gasteiger partial charge is 0.236 e. The van der Waals surface area contributed by atoms with Crippen LogP contribution in [0.1, 0.15) is 102 Å². The van der Waals surface area contributed by atoms with Crippen LogP contribution in [0, 0.1) is 17.8 Å². The Morgan fingerprint density at radius 1 is 0.941 bits per heavy atom. The zero-order valence-electron chi connectivity index (χ0n) is 20.9. The molecule has 5 unspecified atom stereocenters. The van der Waals surface area contributed by atoms with Gasteiger partial charge in [-0.2, -0.15) is 8.78 Å². The fourth-order valence-electron chi connectivity index (χ4n) is 6.82. The molecule has 2 aromatic rings. The SMILES string of the molecule is C/C=C/C(F)C(F)(F)c1c(C2CCC3CC(CCCCCC)CCC3C2)ccc2ccccc12. The Morgan fingerprint density at radius 2 is 1.71 bits per heavy atom. The lowest BCUT2D eigenvalue weighted by Crippen LogP contribution is -2.32. The van der Waals surface area contributed by atoms with Crippen molar-refractivity contribution in [2.75, 3.05) is 0 Å². The number of halogens is 3. The van der Waals surface area contributed by atoms with Crippen molar-refractivity contribution in [2.24, 2.45) is 17.8 Å². The Morgan fingerprint density at radius 3 is 2.50 bits per heavy atom. The van der Waals surface area contributed by atoms with E-state index in [4.69, 9.17) is 0 Å². The molecular weight excluding hydrogens is 429 g/mol. The fourth-order valence-corrected chi connectivity index (χ4v) is 6.82. The van der Waals surface area contributed by atoms with Crippen LogP contribution in [0.3, 0.4) is 0 Å². The van der Waals surface area contributed by atoms with Crippen molar-refractivity contribution in [3.05, 3.63) is 59.7 Å². The summed E-state index contributed by atoms with van der Waals surface area (Å²) in [7, 11) is 0. The lowest BCUT2D eigenvalue weighted by Gasteiger charge is -2.43. The average molecular weight is 471 g/mol. The molecule has 2 fully saturated rings. The molecule has 0 N–H and O–H groups in total. The molecule has 0 radical (unpaired) electrons. The highest BCUT2D eigenvalue weighted by atomic mass is 19.3. The number of allylic oxidation sites excluding steroid dienone is 2. The van der Waals surface area contributed by atoms with Gasteiger partial charge in [0.25, 0.3) is 0 Å². The molecule has 2 aliphatic rings. The minimum atomic E-state index is -3.55. The second-order valence-corrected chi connectivity index (χ2v) is 10.9. The first-order chi connectivity index (χ1) is 16.5. The van der Waals surface area contributed by atoms with Gasteiger partial charge in [-0.1, -0.05) is 87.9 Å². The summed E-state index contributed by atoms with van der Waals surface area (Å²) in [6.45, 7) is 3.85. The summed E-state index contributed by atoms with van der Waals surface area (Å²) in [4.78, 5) is 0. The molecule has 0 aliphatic heterocycles. The van der Waals surface area contributed by atoms with Crippen LogP contribution in [0.4, 0.5) is 13.2 Å². The molecule has 34 heavy (non-hydrogen) atoms. The monoisotopic (exact) mass is 470 g/mol. The van der Waals surface area contributed by atoms with Crippen molar-refractivity contribution in [3.63, 3.8) is 0 Å². The first-order valence-corrected chi connectivity index (χ1v) is 13.6. The predicted octanol–water partition coefficient (Wildman–Crippen LogP) is 10.1. The summed E-state index contributed by atoms with van der Waals surface area (Å²) >= 11 is 0. The quantitative estimate of drug-likeness (QED) is 0.253. The van der Waals surface area contributed by atoms with E-state index in [1.54, 1.807) is 19.1 Å². The third kappa shape index (κ3) is 5.39. The second kappa shape index (κ2) is 11.3. The molecule has 0 spiro atoms. The number of unbranched alkanes of at least 4 members (excludes halogenated alkanes) is 3. The maximum Gasteiger partial charge on any atom is 0.308 e. The van der Waals surface area contributed by atoms with Crippen LogP contribution in [0.5, 0.6) is 0 Å². The Kier molecular flexibility index (Phi) is 8.43. The van der Waals surface area contributed by atoms with Gasteiger partial charge in [0.1, 0.15) is 0 Å². The zero-order chi connectivity index (χ0) is 24.1. The standard InChI is InChI=1S/C31H41F3/c1-3-5-6-7-11-22-14-15-25-21-26(17-16-24(25)20-22)28-19-18-23-12-8-9-13-27(23)30(28)31(33,34)29(32)10-4-2/h4,8-10,12-13,18-19,22,24-26,29H,3,5-7,11,14-17,20-21H2,1-2H3/b10-4+. The van der Waals surface area contributed by atoms with E-state index in [0.717, 1.165) is 42.6 Å². The molecule has 0 saturated heterocycles. The molecule has 5 atom stereocenters. The van der Waals surface area contributed by atoms with E-state index in [9.17, 15) is 4.39 Å². The Labute approximate surface area is 204 Å². The number of hydrogen-bond donors (Lipinski definition) is 0. The van der Waals surface area contributed by atoms with Crippen LogP contribution in [0.15, 0.2) is 48.6 Å². The van der Waals surface area contributed by atoms with E-state index in [-0.39, 0.29) is 11.5 Å². The summed E-state index contributed by atoms with van der Waals surface area (Å²) < 4.78 is 46.0. The highest BCUT2D eigenvalue weighted by Gasteiger charge is 2.45. The van der Waals surface area contributed by atoms with Crippen molar-refractivity contribution >= 4 is 10.8 Å². The first kappa shape index (κ1) is 25.3. The number of benzene rings is 2. The summed E-state index contributed by atoms with van der Waals surface area (Å²) in [5.74, 6) is -1.25. The van der Waals surface area contributed by atoms with Gasteiger partial charge < -0.3 is 0 Å². The van der Waals surface area contributed by atoms with Gasteiger partial charge in [0.15, 0.2) is 6.17 Å². The van der Waals surface area contributed by atoms with E-state index in [0.29, 0.717) is 16.9 Å². The van der Waals surface area contributed by atoms with Crippen LogP contribution in [-0.2, 0) is 5.92 Å². The zero-order valence-corrected chi connectivity index (χ0v) is 20.9. The molecule has 0 bridgehead atoms. The highest BCUT2D eigenvalue weighted by Crippen LogP contribution is 2.51. The van der Waals surface area contributed by atoms with Crippen LogP contribution in [0.2, 0.25) is 0 Å². The van der Waals surface area contributed by atoms with Gasteiger partial charge in [0.2, 0.25) is 0 Å². The van der Waals surface area contributed by atoms with Crippen molar-refractivity contribution in [3.8, 4) is 0 Å². The predicted molar refractivity (Wildman–Crippen MR) is 137 cm³/mol. The number of alkyl halides is 3. The third-order valence-electron chi connectivity index (χ3n) is 8.63. The van der Waals surface area contributed by atoms with E-state index in [1.165, 1.54) is 57.4 Å². The number of rotatable bonds is 9. The normalized spacial score (nSPS) is 26.6. The van der Waals surface area contributed by atoms with E-state index in [1.807, 2.05) is 24.3 Å². The number of fused-ring (bicyclic) bond motifs is 2. The van der Waals surface area contributed by atoms with Crippen LogP contribution in [0.25, 0.3) is 10.8 Å². The highest BCUT2D eigenvalue weighted by molar-refractivity contribution is 5.87. The molecule has 0 heterocycles. The maximum atomic E-state index is 15.6. The Balaban J connectivity index is 1.55. The van der Waals surface area contributed by atoms with Gasteiger partial charge in [0, 0.05) is 5.56 Å². The number of hydrogen-bond acceptors (Lipinski definition) is 0. The molecule has 0 nitrogen and oxygen atoms in total. The van der Waals surface area contributed by atoms with Crippen LogP contribution >= 0.6 is 0 Å². The molecule has 3 heteroatoms. The summed E-state index contributed by atoms with van der Waals surface area (Å²) in [5.41, 5.74) is 0.597. The first-order valence-electron chi connectivity index (χ1n) is 13.6. The summed E-state index contributed by atoms with van der Waals surface area (Å²) in [5, 5.41) is 1.25. The van der Waals surface area contributed by atoms with Gasteiger partial charge >= 0.3 is 5.92 Å². The van der Waals surface area contributed by atoms with E-state index in [2.05, 4.69) is 6.92 Å². The van der Waals surface area contributed by atoms with Gasteiger partial charge in [-0.15, -0.1) is 0 Å². The minimum absolute atomic E-state index is 0.0794. The molecule has 4 rings (SSSR count). The summed E-state index contributed by atoms with van der Waals surface area (Å²) in [6.07, 6.45) is 13.6. The third-order valence-corrected chi connectivity index (χ3v) is 8.63. The van der Waals surface area contributed by atoms with Gasteiger partial charge in [-0.05, 0) is 85.1 Å². The van der Waals surface area contributed by atoms with Crippen molar-refractivity contribution in [2.45, 2.75) is 102 Å². The Hall–Kier alpha value is -1.77. The van der Waals surface area contributed by atoms with E-state index >= 15 is 8.78 Å². The van der Waals surface area contributed by atoms with Crippen molar-refractivity contribution in [1.29, 1.82) is 0 Å². The molecule has 186 valence electrons. The van der Waals surface area contributed by atoms with Crippen LogP contribution < -0.4 is 0 Å². The topological polar surface area (TPSA) is 0 Å².